The number of amides is 1. The Hall–Kier alpha value is -2.29. The molecule has 0 aliphatic heterocycles. The number of hydrogen-bond acceptors (Lipinski definition) is 2. The van der Waals surface area contributed by atoms with E-state index in [1.807, 2.05) is 6.07 Å². The fourth-order valence-corrected chi connectivity index (χ4v) is 2.86. The monoisotopic (exact) mass is 336 g/mol. The maximum atomic E-state index is 12.5. The van der Waals surface area contributed by atoms with E-state index in [1.54, 1.807) is 0 Å². The van der Waals surface area contributed by atoms with Gasteiger partial charge >= 0.3 is 6.18 Å². The Kier molecular flexibility index (Phi) is 5.66. The Morgan fingerprint density at radius 1 is 1.25 bits per heavy atom. The Bertz CT molecular complexity index is 656. The zero-order valence-corrected chi connectivity index (χ0v) is 13.4. The lowest BCUT2D eigenvalue weighted by Gasteiger charge is -2.29. The smallest absolute Gasteiger partial charge is 0.348 e. The summed E-state index contributed by atoms with van der Waals surface area (Å²) in [7, 11) is 0. The van der Waals surface area contributed by atoms with Gasteiger partial charge in [-0.25, -0.2) is 0 Å². The molecule has 2 rings (SSSR count). The summed E-state index contributed by atoms with van der Waals surface area (Å²) in [6, 6.07) is 6.22. The summed E-state index contributed by atoms with van der Waals surface area (Å²) in [6.07, 6.45) is 0.999. The zero-order chi connectivity index (χ0) is 17.7. The summed E-state index contributed by atoms with van der Waals surface area (Å²) in [4.78, 5) is 12.2. The van der Waals surface area contributed by atoms with E-state index < -0.39 is 17.6 Å². The van der Waals surface area contributed by atoms with E-state index in [0.29, 0.717) is 11.5 Å². The van der Waals surface area contributed by atoms with Crippen molar-refractivity contribution in [1.82, 2.24) is 5.32 Å². The van der Waals surface area contributed by atoms with Gasteiger partial charge in [-0.1, -0.05) is 31.9 Å². The minimum absolute atomic E-state index is 0.0376. The first-order valence-electron chi connectivity index (χ1n) is 7.91. The van der Waals surface area contributed by atoms with Crippen LogP contribution >= 0.6 is 0 Å². The molecule has 0 heterocycles. The molecule has 6 heteroatoms. The minimum atomic E-state index is -4.41. The van der Waals surface area contributed by atoms with E-state index in [9.17, 15) is 23.2 Å². The van der Waals surface area contributed by atoms with Crippen molar-refractivity contribution in [3.8, 4) is 6.07 Å². The second kappa shape index (κ2) is 7.52. The molecule has 0 aromatic heterocycles. The topological polar surface area (TPSA) is 52.9 Å². The zero-order valence-electron chi connectivity index (χ0n) is 13.4. The van der Waals surface area contributed by atoms with Crippen LogP contribution in [0.5, 0.6) is 0 Å². The van der Waals surface area contributed by atoms with E-state index >= 15 is 0 Å². The molecule has 0 spiro atoms. The summed E-state index contributed by atoms with van der Waals surface area (Å²) in [6.45, 7) is 2.07. The molecule has 1 aromatic rings. The number of alkyl halides is 3. The first-order valence-corrected chi connectivity index (χ1v) is 7.91. The summed E-state index contributed by atoms with van der Waals surface area (Å²) in [5.74, 6) is -0.121. The second-order valence-corrected chi connectivity index (χ2v) is 6.13. The lowest BCUT2D eigenvalue weighted by molar-refractivity contribution is -0.137. The van der Waals surface area contributed by atoms with Crippen molar-refractivity contribution in [2.24, 2.45) is 5.92 Å². The highest BCUT2D eigenvalue weighted by Crippen LogP contribution is 2.29. The molecule has 1 saturated carbocycles. The molecule has 0 unspecified atom stereocenters. The molecule has 0 bridgehead atoms. The molecule has 1 aromatic carbocycles. The van der Waals surface area contributed by atoms with Crippen LogP contribution in [0.2, 0.25) is 0 Å². The van der Waals surface area contributed by atoms with Gasteiger partial charge in [-0.15, -0.1) is 0 Å². The van der Waals surface area contributed by atoms with E-state index in [4.69, 9.17) is 0 Å². The van der Waals surface area contributed by atoms with Gasteiger partial charge < -0.3 is 5.32 Å². The maximum Gasteiger partial charge on any atom is 0.416 e. The van der Waals surface area contributed by atoms with Crippen LogP contribution in [-0.2, 0) is 11.0 Å². The van der Waals surface area contributed by atoms with Crippen LogP contribution in [0.3, 0.4) is 0 Å². The number of halogens is 3. The highest BCUT2D eigenvalue weighted by atomic mass is 19.4. The third kappa shape index (κ3) is 4.60. The maximum absolute atomic E-state index is 12.5. The van der Waals surface area contributed by atoms with Crippen molar-refractivity contribution in [3.63, 3.8) is 0 Å². The molecular formula is C18H19F3N2O. The first-order chi connectivity index (χ1) is 11.3. The fraction of sp³-hybridized carbons (Fsp3) is 0.444. The molecule has 0 radical (unpaired) electrons. The Labute approximate surface area is 139 Å². The van der Waals surface area contributed by atoms with Gasteiger partial charge in [0.1, 0.15) is 11.6 Å². The quantitative estimate of drug-likeness (QED) is 0.661. The number of carbonyl (C=O) groups excluding carboxylic acids is 1. The lowest BCUT2D eigenvalue weighted by atomic mass is 9.86. The van der Waals surface area contributed by atoms with Gasteiger partial charge in [0.15, 0.2) is 0 Å². The number of rotatable bonds is 3. The van der Waals surface area contributed by atoms with E-state index in [-0.39, 0.29) is 11.6 Å². The van der Waals surface area contributed by atoms with Crippen LogP contribution in [0.4, 0.5) is 13.2 Å². The average Bonchev–Trinajstić information content (AvgIpc) is 2.54. The molecule has 1 amide bonds. The molecule has 1 aliphatic rings. The lowest BCUT2D eigenvalue weighted by Crippen LogP contribution is -2.41. The minimum Gasteiger partial charge on any atom is -0.348 e. The van der Waals surface area contributed by atoms with Crippen LogP contribution in [-0.4, -0.2) is 11.9 Å². The molecule has 0 saturated heterocycles. The Balaban J connectivity index is 2.11. The van der Waals surface area contributed by atoms with Gasteiger partial charge in [0, 0.05) is 6.04 Å². The largest absolute Gasteiger partial charge is 0.416 e. The summed E-state index contributed by atoms with van der Waals surface area (Å²) in [5, 5.41) is 12.0. The number of nitrogens with one attached hydrogen (secondary N) is 1. The number of carbonyl (C=O) groups is 1. The highest BCUT2D eigenvalue weighted by molar-refractivity contribution is 6.01. The molecule has 2 atom stereocenters. The number of nitriles is 1. The number of benzene rings is 1. The van der Waals surface area contributed by atoms with Gasteiger partial charge in [0.05, 0.1) is 5.56 Å². The predicted molar refractivity (Wildman–Crippen MR) is 84.6 cm³/mol. The Morgan fingerprint density at radius 2 is 1.88 bits per heavy atom. The van der Waals surface area contributed by atoms with Gasteiger partial charge in [-0.3, -0.25) is 4.79 Å². The van der Waals surface area contributed by atoms with Crippen LogP contribution in [0, 0.1) is 17.2 Å². The summed E-state index contributed by atoms with van der Waals surface area (Å²) in [5.41, 5.74) is -0.488. The number of hydrogen-bond donors (Lipinski definition) is 1. The second-order valence-electron chi connectivity index (χ2n) is 6.13. The third-order valence-electron chi connectivity index (χ3n) is 4.34. The van der Waals surface area contributed by atoms with Crippen molar-refractivity contribution < 1.29 is 18.0 Å². The highest BCUT2D eigenvalue weighted by Gasteiger charge is 2.30. The molecule has 3 nitrogen and oxygen atoms in total. The van der Waals surface area contributed by atoms with Crippen molar-refractivity contribution in [1.29, 1.82) is 5.26 Å². The molecule has 24 heavy (non-hydrogen) atoms. The normalized spacial score (nSPS) is 21.9. The van der Waals surface area contributed by atoms with E-state index in [1.165, 1.54) is 18.2 Å². The summed E-state index contributed by atoms with van der Waals surface area (Å²) < 4.78 is 37.6. The standard InChI is InChI=1S/C18H19F3N2O/c1-12-4-2-3-5-16(12)23-17(24)14(11-22)10-13-6-8-15(9-7-13)18(19,20)21/h6-10,12,16H,2-5H2,1H3,(H,23,24)/b14-10-/t12-,16+/m1/s1. The molecule has 128 valence electrons. The van der Waals surface area contributed by atoms with Crippen LogP contribution in [0.15, 0.2) is 29.8 Å². The van der Waals surface area contributed by atoms with Gasteiger partial charge in [-0.05, 0) is 42.5 Å². The number of nitrogens with zero attached hydrogens (tertiary/aromatic N) is 1. The first kappa shape index (κ1) is 18.1. The van der Waals surface area contributed by atoms with Crippen molar-refractivity contribution in [2.75, 3.05) is 0 Å². The van der Waals surface area contributed by atoms with Crippen LogP contribution < -0.4 is 5.32 Å². The van der Waals surface area contributed by atoms with Crippen LogP contribution in [0.25, 0.3) is 6.08 Å². The van der Waals surface area contributed by atoms with Crippen molar-refractivity contribution >= 4 is 12.0 Å². The fourth-order valence-electron chi connectivity index (χ4n) is 2.86. The van der Waals surface area contributed by atoms with Gasteiger partial charge in [0.25, 0.3) is 5.91 Å². The van der Waals surface area contributed by atoms with E-state index in [2.05, 4.69) is 12.2 Å². The molecule has 1 aliphatic carbocycles. The van der Waals surface area contributed by atoms with E-state index in [0.717, 1.165) is 37.8 Å². The predicted octanol–water partition coefficient (Wildman–Crippen LogP) is 4.31. The van der Waals surface area contributed by atoms with Gasteiger partial charge in [-0.2, -0.15) is 18.4 Å². The molecule has 1 N–H and O–H groups in total. The van der Waals surface area contributed by atoms with Crippen LogP contribution in [0.1, 0.15) is 43.7 Å². The SMILES string of the molecule is C[C@@H]1CCCC[C@@H]1NC(=O)/C(C#N)=C\c1ccc(C(F)(F)F)cc1. The molecular weight excluding hydrogens is 317 g/mol. The van der Waals surface area contributed by atoms with Crippen molar-refractivity contribution in [3.05, 3.63) is 41.0 Å². The molecule has 1 fully saturated rings. The van der Waals surface area contributed by atoms with Crippen molar-refractivity contribution in [2.45, 2.75) is 44.8 Å². The van der Waals surface area contributed by atoms with Gasteiger partial charge in [0.2, 0.25) is 0 Å². The summed E-state index contributed by atoms with van der Waals surface area (Å²) >= 11 is 0. The Morgan fingerprint density at radius 3 is 2.42 bits per heavy atom. The third-order valence-corrected chi connectivity index (χ3v) is 4.34. The average molecular weight is 336 g/mol.